The van der Waals surface area contributed by atoms with Gasteiger partial charge in [-0.15, -0.1) is 0 Å². The number of benzene rings is 1. The van der Waals surface area contributed by atoms with Gasteiger partial charge in [0.25, 0.3) is 0 Å². The molecule has 0 fully saturated rings. The van der Waals surface area contributed by atoms with E-state index in [-0.39, 0.29) is 5.75 Å². The third-order valence-electron chi connectivity index (χ3n) is 1.89. The normalized spacial score (nSPS) is 12.6. The number of ether oxygens (including phenoxy) is 1. The van der Waals surface area contributed by atoms with Crippen molar-refractivity contribution in [3.05, 3.63) is 22.2 Å². The minimum Gasteiger partial charge on any atom is -0.503 e. The van der Waals surface area contributed by atoms with E-state index in [1.807, 2.05) is 6.07 Å². The molecule has 0 amide bonds. The first-order valence-corrected chi connectivity index (χ1v) is 5.08. The van der Waals surface area contributed by atoms with Gasteiger partial charge in [-0.05, 0) is 40.9 Å². The number of aliphatic hydroxyl groups excluding tert-OH is 1. The number of hydrogen-bond acceptors (Lipinski definition) is 3. The van der Waals surface area contributed by atoms with Crippen LogP contribution in [0.15, 0.2) is 16.6 Å². The molecule has 0 aromatic heterocycles. The summed E-state index contributed by atoms with van der Waals surface area (Å²) in [6.45, 7) is 1.70. The van der Waals surface area contributed by atoms with Crippen LogP contribution in [0.5, 0.6) is 11.5 Å². The van der Waals surface area contributed by atoms with Crippen molar-refractivity contribution in [2.75, 3.05) is 7.11 Å². The van der Waals surface area contributed by atoms with Crippen LogP contribution >= 0.6 is 15.9 Å². The summed E-state index contributed by atoms with van der Waals surface area (Å²) >= 11 is 3.26. The topological polar surface area (TPSA) is 49.7 Å². The number of aliphatic hydroxyl groups is 1. The summed E-state index contributed by atoms with van der Waals surface area (Å²) in [6.07, 6.45) is 0.0668. The van der Waals surface area contributed by atoms with Gasteiger partial charge in [-0.25, -0.2) is 0 Å². The van der Waals surface area contributed by atoms with E-state index in [1.165, 1.54) is 7.11 Å². The highest BCUT2D eigenvalue weighted by molar-refractivity contribution is 9.10. The summed E-state index contributed by atoms with van der Waals surface area (Å²) in [5.74, 6) is 0.497. The summed E-state index contributed by atoms with van der Waals surface area (Å²) in [4.78, 5) is 0. The lowest BCUT2D eigenvalue weighted by Crippen LogP contribution is -2.04. The third kappa shape index (κ3) is 2.39. The van der Waals surface area contributed by atoms with Gasteiger partial charge in [0.2, 0.25) is 0 Å². The van der Waals surface area contributed by atoms with Gasteiger partial charge in [0.05, 0.1) is 17.7 Å². The van der Waals surface area contributed by atoms with Crippen molar-refractivity contribution in [1.29, 1.82) is 0 Å². The molecular weight excluding hydrogens is 248 g/mol. The Bertz CT molecular complexity index is 323. The minimum atomic E-state index is -0.431. The van der Waals surface area contributed by atoms with E-state index in [0.717, 1.165) is 5.56 Å². The molecule has 2 N–H and O–H groups in total. The number of aromatic hydroxyl groups is 1. The monoisotopic (exact) mass is 260 g/mol. The highest BCUT2D eigenvalue weighted by Crippen LogP contribution is 2.36. The van der Waals surface area contributed by atoms with Gasteiger partial charge in [0, 0.05) is 0 Å². The summed E-state index contributed by atoms with van der Waals surface area (Å²) in [7, 11) is 1.50. The molecule has 0 saturated heterocycles. The molecule has 1 rings (SSSR count). The van der Waals surface area contributed by atoms with E-state index in [0.29, 0.717) is 16.6 Å². The summed E-state index contributed by atoms with van der Waals surface area (Å²) in [5, 5.41) is 18.9. The van der Waals surface area contributed by atoms with E-state index in [2.05, 4.69) is 15.9 Å². The molecule has 14 heavy (non-hydrogen) atoms. The molecule has 0 aliphatic rings. The Morgan fingerprint density at radius 3 is 2.64 bits per heavy atom. The summed E-state index contributed by atoms with van der Waals surface area (Å²) in [5.41, 5.74) is 0.860. The molecule has 0 spiro atoms. The molecule has 1 aromatic carbocycles. The molecule has 0 radical (unpaired) electrons. The standard InChI is InChI=1S/C10H13BrO3/c1-6(12)5-7-3-4-8(14-2)10(13)9(7)11/h3-4,6,12-13H,5H2,1-2H3/t6-/m1/s1. The third-order valence-corrected chi connectivity index (χ3v) is 2.78. The summed E-state index contributed by atoms with van der Waals surface area (Å²) in [6, 6.07) is 3.49. The molecule has 0 unspecified atom stereocenters. The fraction of sp³-hybridized carbons (Fsp3) is 0.400. The van der Waals surface area contributed by atoms with Crippen molar-refractivity contribution in [2.45, 2.75) is 19.4 Å². The Morgan fingerprint density at radius 1 is 1.50 bits per heavy atom. The fourth-order valence-corrected chi connectivity index (χ4v) is 1.72. The first-order chi connectivity index (χ1) is 6.56. The van der Waals surface area contributed by atoms with Crippen LogP contribution in [0.4, 0.5) is 0 Å². The van der Waals surface area contributed by atoms with Gasteiger partial charge >= 0.3 is 0 Å². The van der Waals surface area contributed by atoms with Crippen molar-refractivity contribution in [3.8, 4) is 11.5 Å². The Labute approximate surface area is 91.5 Å². The Balaban J connectivity index is 3.04. The number of rotatable bonds is 3. The van der Waals surface area contributed by atoms with Crippen molar-refractivity contribution in [2.24, 2.45) is 0 Å². The molecule has 3 nitrogen and oxygen atoms in total. The van der Waals surface area contributed by atoms with Gasteiger partial charge in [0.15, 0.2) is 11.5 Å². The van der Waals surface area contributed by atoms with Crippen LogP contribution in [0.1, 0.15) is 12.5 Å². The number of hydrogen-bond donors (Lipinski definition) is 2. The molecular formula is C10H13BrO3. The lowest BCUT2D eigenvalue weighted by atomic mass is 10.1. The maximum atomic E-state index is 9.64. The average molecular weight is 261 g/mol. The molecule has 78 valence electrons. The highest BCUT2D eigenvalue weighted by Gasteiger charge is 2.11. The smallest absolute Gasteiger partial charge is 0.172 e. The zero-order valence-corrected chi connectivity index (χ0v) is 9.71. The van der Waals surface area contributed by atoms with E-state index in [1.54, 1.807) is 13.0 Å². The minimum absolute atomic E-state index is 0.0747. The quantitative estimate of drug-likeness (QED) is 0.875. The average Bonchev–Trinajstić information content (AvgIpc) is 2.13. The van der Waals surface area contributed by atoms with E-state index in [9.17, 15) is 10.2 Å². The number of phenols is 1. The molecule has 1 aromatic rings. The molecule has 0 aliphatic carbocycles. The van der Waals surface area contributed by atoms with E-state index >= 15 is 0 Å². The number of phenolic OH excluding ortho intramolecular Hbond substituents is 1. The van der Waals surface area contributed by atoms with E-state index in [4.69, 9.17) is 4.74 Å². The maximum absolute atomic E-state index is 9.64. The van der Waals surface area contributed by atoms with E-state index < -0.39 is 6.10 Å². The van der Waals surface area contributed by atoms with Crippen LogP contribution in [0, 0.1) is 0 Å². The number of halogens is 1. The second-order valence-electron chi connectivity index (χ2n) is 3.14. The van der Waals surface area contributed by atoms with Crippen LogP contribution in [-0.4, -0.2) is 23.4 Å². The van der Waals surface area contributed by atoms with Crippen molar-refractivity contribution < 1.29 is 14.9 Å². The van der Waals surface area contributed by atoms with Crippen LogP contribution in [-0.2, 0) is 6.42 Å². The van der Waals surface area contributed by atoms with Gasteiger partial charge in [0.1, 0.15) is 0 Å². The number of methoxy groups -OCH3 is 1. The van der Waals surface area contributed by atoms with Crippen molar-refractivity contribution in [3.63, 3.8) is 0 Å². The summed E-state index contributed by atoms with van der Waals surface area (Å²) < 4.78 is 5.52. The molecule has 0 saturated carbocycles. The largest absolute Gasteiger partial charge is 0.503 e. The predicted octanol–water partition coefficient (Wildman–Crippen LogP) is 2.09. The SMILES string of the molecule is COc1ccc(C[C@@H](C)O)c(Br)c1O. The molecule has 4 heteroatoms. The first kappa shape index (κ1) is 11.3. The molecule has 1 atom stereocenters. The zero-order valence-electron chi connectivity index (χ0n) is 8.12. The van der Waals surface area contributed by atoms with Crippen LogP contribution in [0.3, 0.4) is 0 Å². The van der Waals surface area contributed by atoms with Crippen molar-refractivity contribution >= 4 is 15.9 Å². The highest BCUT2D eigenvalue weighted by atomic mass is 79.9. The van der Waals surface area contributed by atoms with Crippen LogP contribution < -0.4 is 4.74 Å². The molecule has 0 bridgehead atoms. The van der Waals surface area contributed by atoms with Gasteiger partial charge in [-0.3, -0.25) is 0 Å². The lowest BCUT2D eigenvalue weighted by Gasteiger charge is -2.10. The van der Waals surface area contributed by atoms with Crippen LogP contribution in [0.2, 0.25) is 0 Å². The second-order valence-corrected chi connectivity index (χ2v) is 3.94. The predicted molar refractivity (Wildman–Crippen MR) is 57.7 cm³/mol. The van der Waals surface area contributed by atoms with Crippen LogP contribution in [0.25, 0.3) is 0 Å². The second kappa shape index (κ2) is 4.66. The maximum Gasteiger partial charge on any atom is 0.172 e. The fourth-order valence-electron chi connectivity index (χ4n) is 1.23. The Morgan fingerprint density at radius 2 is 2.14 bits per heavy atom. The Hall–Kier alpha value is -0.740. The zero-order chi connectivity index (χ0) is 10.7. The first-order valence-electron chi connectivity index (χ1n) is 4.28. The molecule has 0 heterocycles. The molecule has 0 aliphatic heterocycles. The van der Waals surface area contributed by atoms with Gasteiger partial charge in [-0.2, -0.15) is 0 Å². The van der Waals surface area contributed by atoms with Crippen molar-refractivity contribution in [1.82, 2.24) is 0 Å². The van der Waals surface area contributed by atoms with Gasteiger partial charge in [-0.1, -0.05) is 6.07 Å². The Kier molecular flexibility index (Phi) is 3.77. The lowest BCUT2D eigenvalue weighted by molar-refractivity contribution is 0.195. The van der Waals surface area contributed by atoms with Gasteiger partial charge < -0.3 is 14.9 Å².